The molecule has 0 spiro atoms. The van der Waals surface area contributed by atoms with Crippen LogP contribution in [-0.4, -0.2) is 42.5 Å². The van der Waals surface area contributed by atoms with E-state index in [9.17, 15) is 9.18 Å². The van der Waals surface area contributed by atoms with Crippen LogP contribution in [-0.2, 0) is 17.2 Å². The maximum Gasteiger partial charge on any atom is 0.278 e. The van der Waals surface area contributed by atoms with Crippen molar-refractivity contribution in [2.45, 2.75) is 36.5 Å². The summed E-state index contributed by atoms with van der Waals surface area (Å²) in [5, 5.41) is 18.0. The number of rotatable bonds is 6. The molecule has 1 aliphatic rings. The molecule has 0 unspecified atom stereocenters. The minimum absolute atomic E-state index is 0.0673. The maximum atomic E-state index is 13.4. The highest BCUT2D eigenvalue weighted by Gasteiger charge is 2.22. The number of ether oxygens (including phenoxy) is 1. The molecular formula is C21H19FN6O2S. The summed E-state index contributed by atoms with van der Waals surface area (Å²) in [5.74, 6) is 0.566. The van der Waals surface area contributed by atoms with Gasteiger partial charge in [0, 0.05) is 12.2 Å². The van der Waals surface area contributed by atoms with Gasteiger partial charge in [-0.25, -0.2) is 4.39 Å². The Balaban J connectivity index is 1.45. The fourth-order valence-corrected chi connectivity index (χ4v) is 4.41. The molecule has 0 aliphatic carbocycles. The number of benzene rings is 2. The molecule has 0 N–H and O–H groups in total. The Kier molecular flexibility index (Phi) is 5.47. The third kappa shape index (κ3) is 4.08. The number of aromatic nitrogens is 6. The van der Waals surface area contributed by atoms with E-state index in [1.54, 1.807) is 30.3 Å². The maximum absolute atomic E-state index is 13.4. The van der Waals surface area contributed by atoms with E-state index in [2.05, 4.69) is 20.5 Å². The van der Waals surface area contributed by atoms with Gasteiger partial charge in [-0.05, 0) is 49.2 Å². The van der Waals surface area contributed by atoms with Crippen LogP contribution >= 0.6 is 11.8 Å². The van der Waals surface area contributed by atoms with Gasteiger partial charge in [-0.1, -0.05) is 29.1 Å². The molecule has 4 aromatic rings. The molecule has 10 heteroatoms. The minimum atomic E-state index is -0.308. The van der Waals surface area contributed by atoms with E-state index in [1.165, 1.54) is 28.6 Å². The Hall–Kier alpha value is -3.11. The Labute approximate surface area is 181 Å². The molecule has 3 heterocycles. The van der Waals surface area contributed by atoms with Gasteiger partial charge in [-0.3, -0.25) is 9.36 Å². The lowest BCUT2D eigenvalue weighted by Gasteiger charge is -2.15. The molecule has 31 heavy (non-hydrogen) atoms. The molecule has 1 atom stereocenters. The Morgan fingerprint density at radius 2 is 1.94 bits per heavy atom. The molecule has 8 nitrogen and oxygen atoms in total. The van der Waals surface area contributed by atoms with Crippen LogP contribution in [0.3, 0.4) is 0 Å². The van der Waals surface area contributed by atoms with E-state index in [-0.39, 0.29) is 23.4 Å². The molecule has 0 bridgehead atoms. The number of thioether (sulfide) groups is 1. The summed E-state index contributed by atoms with van der Waals surface area (Å²) < 4.78 is 22.5. The second kappa shape index (κ2) is 8.56. The second-order valence-corrected chi connectivity index (χ2v) is 8.16. The summed E-state index contributed by atoms with van der Waals surface area (Å²) in [5.41, 5.74) is 1.12. The largest absolute Gasteiger partial charge is 0.376 e. The summed E-state index contributed by atoms with van der Waals surface area (Å²) in [4.78, 5) is 12.7. The van der Waals surface area contributed by atoms with Crippen LogP contribution in [0.1, 0.15) is 12.8 Å². The fraction of sp³-hybridized carbons (Fsp3) is 0.286. The molecule has 1 saturated heterocycles. The van der Waals surface area contributed by atoms with Gasteiger partial charge in [0.15, 0.2) is 11.0 Å². The molecule has 2 aromatic heterocycles. The highest BCUT2D eigenvalue weighted by atomic mass is 32.2. The Morgan fingerprint density at radius 3 is 2.74 bits per heavy atom. The van der Waals surface area contributed by atoms with E-state index in [4.69, 9.17) is 4.74 Å². The number of hydrogen-bond acceptors (Lipinski definition) is 7. The van der Waals surface area contributed by atoms with Gasteiger partial charge in [-0.15, -0.1) is 15.3 Å². The minimum Gasteiger partial charge on any atom is -0.376 e. The van der Waals surface area contributed by atoms with Crippen LogP contribution in [0.4, 0.5) is 4.39 Å². The van der Waals surface area contributed by atoms with Crippen molar-refractivity contribution in [2.75, 3.05) is 6.61 Å². The molecule has 5 rings (SSSR count). The third-order valence-electron chi connectivity index (χ3n) is 5.17. The van der Waals surface area contributed by atoms with Crippen LogP contribution in [0, 0.1) is 5.82 Å². The van der Waals surface area contributed by atoms with Crippen molar-refractivity contribution in [1.29, 1.82) is 0 Å². The molecule has 2 aromatic carbocycles. The van der Waals surface area contributed by atoms with Gasteiger partial charge in [0.05, 0.1) is 23.9 Å². The average molecular weight is 438 g/mol. The number of hydrogen-bond donors (Lipinski definition) is 0. The molecule has 1 aliphatic heterocycles. The van der Waals surface area contributed by atoms with Gasteiger partial charge in [0.2, 0.25) is 0 Å². The van der Waals surface area contributed by atoms with Crippen molar-refractivity contribution in [3.8, 4) is 11.4 Å². The monoisotopic (exact) mass is 438 g/mol. The normalized spacial score (nSPS) is 16.2. The van der Waals surface area contributed by atoms with E-state index in [0.29, 0.717) is 28.4 Å². The number of nitrogens with zero attached hydrogens (tertiary/aromatic N) is 6. The first-order valence-corrected chi connectivity index (χ1v) is 10.9. The zero-order valence-electron chi connectivity index (χ0n) is 16.5. The second-order valence-electron chi connectivity index (χ2n) is 7.24. The van der Waals surface area contributed by atoms with Gasteiger partial charge in [-0.2, -0.15) is 4.68 Å². The van der Waals surface area contributed by atoms with E-state index in [0.717, 1.165) is 25.0 Å². The molecule has 0 amide bonds. The van der Waals surface area contributed by atoms with Gasteiger partial charge in [0.25, 0.3) is 5.56 Å². The van der Waals surface area contributed by atoms with Crippen molar-refractivity contribution in [1.82, 2.24) is 29.8 Å². The summed E-state index contributed by atoms with van der Waals surface area (Å²) >= 11 is 1.35. The molecule has 1 fully saturated rings. The third-order valence-corrected chi connectivity index (χ3v) is 6.11. The fourth-order valence-electron chi connectivity index (χ4n) is 3.59. The van der Waals surface area contributed by atoms with Crippen LogP contribution < -0.4 is 5.56 Å². The van der Waals surface area contributed by atoms with Crippen molar-refractivity contribution < 1.29 is 9.13 Å². The molecule has 0 saturated carbocycles. The molecule has 158 valence electrons. The summed E-state index contributed by atoms with van der Waals surface area (Å²) in [6.07, 6.45) is 2.04. The van der Waals surface area contributed by atoms with Crippen LogP contribution in [0.2, 0.25) is 0 Å². The van der Waals surface area contributed by atoms with E-state index < -0.39 is 0 Å². The quantitative estimate of drug-likeness (QED) is 0.428. The Morgan fingerprint density at radius 1 is 1.10 bits per heavy atom. The topological polar surface area (TPSA) is 87.7 Å². The lowest BCUT2D eigenvalue weighted by molar-refractivity contribution is 0.0953. The van der Waals surface area contributed by atoms with Gasteiger partial charge >= 0.3 is 0 Å². The van der Waals surface area contributed by atoms with Crippen LogP contribution in [0.15, 0.2) is 58.5 Å². The zero-order valence-corrected chi connectivity index (χ0v) is 17.3. The van der Waals surface area contributed by atoms with E-state index >= 15 is 0 Å². The van der Waals surface area contributed by atoms with Gasteiger partial charge in [0.1, 0.15) is 11.3 Å². The van der Waals surface area contributed by atoms with Crippen LogP contribution in [0.5, 0.6) is 0 Å². The average Bonchev–Trinajstić information content (AvgIpc) is 3.45. The predicted molar refractivity (Wildman–Crippen MR) is 114 cm³/mol. The summed E-state index contributed by atoms with van der Waals surface area (Å²) in [7, 11) is 0. The first-order valence-electron chi connectivity index (χ1n) is 9.95. The standard InChI is InChI=1S/C21H19FN6O2S/c22-15-9-7-14(8-10-15)19-24-25-21(27(19)12-16-4-3-11-30-16)31-13-28-20(29)17-5-1-2-6-18(17)23-26-28/h1-2,5-10,16H,3-4,11-13H2/t16-/m1/s1. The van der Waals surface area contributed by atoms with Gasteiger partial charge < -0.3 is 4.74 Å². The zero-order chi connectivity index (χ0) is 21.2. The number of fused-ring (bicyclic) bond motifs is 1. The van der Waals surface area contributed by atoms with Crippen molar-refractivity contribution >= 4 is 22.7 Å². The van der Waals surface area contributed by atoms with Crippen LogP contribution in [0.25, 0.3) is 22.3 Å². The van der Waals surface area contributed by atoms with Crippen molar-refractivity contribution in [2.24, 2.45) is 0 Å². The lowest BCUT2D eigenvalue weighted by Crippen LogP contribution is -2.23. The Bertz CT molecular complexity index is 1270. The highest BCUT2D eigenvalue weighted by Crippen LogP contribution is 2.27. The molecule has 0 radical (unpaired) electrons. The lowest BCUT2D eigenvalue weighted by atomic mass is 10.2. The summed E-state index contributed by atoms with van der Waals surface area (Å²) in [6.45, 7) is 1.32. The summed E-state index contributed by atoms with van der Waals surface area (Å²) in [6, 6.07) is 13.3. The SMILES string of the molecule is O=c1c2ccccc2nnn1CSc1nnc(-c2ccc(F)cc2)n1C[C@H]1CCCO1. The van der Waals surface area contributed by atoms with Crippen molar-refractivity contribution in [3.63, 3.8) is 0 Å². The van der Waals surface area contributed by atoms with Crippen molar-refractivity contribution in [3.05, 3.63) is 64.7 Å². The molecular weight excluding hydrogens is 419 g/mol. The number of halogens is 1. The predicted octanol–water partition coefficient (Wildman–Crippen LogP) is 3.12. The van der Waals surface area contributed by atoms with E-state index in [1.807, 2.05) is 10.6 Å². The highest BCUT2D eigenvalue weighted by molar-refractivity contribution is 7.98. The first kappa shape index (κ1) is 19.8. The first-order chi connectivity index (χ1) is 15.2. The smallest absolute Gasteiger partial charge is 0.278 e.